The molecule has 0 aliphatic heterocycles. The molecule has 0 fully saturated rings. The van der Waals surface area contributed by atoms with Gasteiger partial charge in [-0.2, -0.15) is 8.78 Å². The summed E-state index contributed by atoms with van der Waals surface area (Å²) in [7, 11) is 1.31. The minimum atomic E-state index is -2.90. The van der Waals surface area contributed by atoms with E-state index in [9.17, 15) is 13.6 Å². The molecular formula is C14H18BrF2NO3. The van der Waals surface area contributed by atoms with E-state index in [-0.39, 0.29) is 18.2 Å². The maximum Gasteiger partial charge on any atom is 0.387 e. The van der Waals surface area contributed by atoms with Gasteiger partial charge in [0.15, 0.2) is 0 Å². The van der Waals surface area contributed by atoms with Crippen molar-refractivity contribution in [2.75, 3.05) is 7.11 Å². The lowest BCUT2D eigenvalue weighted by atomic mass is 10.0. The van der Waals surface area contributed by atoms with Gasteiger partial charge in [-0.25, -0.2) is 0 Å². The van der Waals surface area contributed by atoms with E-state index in [4.69, 9.17) is 4.74 Å². The number of methoxy groups -OCH3 is 1. The van der Waals surface area contributed by atoms with Crippen LogP contribution in [-0.2, 0) is 16.1 Å². The van der Waals surface area contributed by atoms with Crippen molar-refractivity contribution < 1.29 is 23.0 Å². The third-order valence-corrected chi connectivity index (χ3v) is 3.37. The number of alkyl halides is 2. The molecule has 0 bridgehead atoms. The van der Waals surface area contributed by atoms with Gasteiger partial charge in [-0.3, -0.25) is 10.1 Å². The van der Waals surface area contributed by atoms with Gasteiger partial charge >= 0.3 is 12.6 Å². The summed E-state index contributed by atoms with van der Waals surface area (Å²) in [6, 6.07) is 4.21. The Bertz CT molecular complexity index is 483. The number of benzene rings is 1. The first-order valence-electron chi connectivity index (χ1n) is 6.39. The first kappa shape index (κ1) is 17.8. The second kappa shape index (κ2) is 8.29. The first-order valence-corrected chi connectivity index (χ1v) is 7.19. The van der Waals surface area contributed by atoms with Crippen LogP contribution < -0.4 is 10.1 Å². The molecule has 1 N–H and O–H groups in total. The quantitative estimate of drug-likeness (QED) is 0.752. The van der Waals surface area contributed by atoms with E-state index in [0.717, 1.165) is 4.47 Å². The molecule has 0 spiro atoms. The number of rotatable bonds is 7. The Morgan fingerprint density at radius 1 is 1.38 bits per heavy atom. The smallest absolute Gasteiger partial charge is 0.387 e. The molecule has 0 aromatic heterocycles. The lowest BCUT2D eigenvalue weighted by Crippen LogP contribution is -2.41. The van der Waals surface area contributed by atoms with Gasteiger partial charge in [0.05, 0.1) is 7.11 Å². The van der Waals surface area contributed by atoms with Crippen molar-refractivity contribution in [3.05, 3.63) is 28.2 Å². The highest BCUT2D eigenvalue weighted by Gasteiger charge is 2.23. The van der Waals surface area contributed by atoms with Gasteiger partial charge in [-0.1, -0.05) is 29.8 Å². The van der Waals surface area contributed by atoms with Crippen LogP contribution in [0.3, 0.4) is 0 Å². The summed E-state index contributed by atoms with van der Waals surface area (Å²) in [5.74, 6) is -0.312. The summed E-state index contributed by atoms with van der Waals surface area (Å²) in [5, 5.41) is 3.01. The van der Waals surface area contributed by atoms with Gasteiger partial charge in [0, 0.05) is 16.6 Å². The molecule has 1 rings (SSSR count). The summed E-state index contributed by atoms with van der Waals surface area (Å²) in [6.07, 6.45) is 0. The van der Waals surface area contributed by atoms with Crippen LogP contribution in [0.2, 0.25) is 0 Å². The fourth-order valence-electron chi connectivity index (χ4n) is 1.84. The zero-order valence-electron chi connectivity index (χ0n) is 12.0. The van der Waals surface area contributed by atoms with Crippen molar-refractivity contribution in [1.82, 2.24) is 5.32 Å². The molecule has 0 saturated carbocycles. The molecule has 0 aliphatic carbocycles. The monoisotopic (exact) mass is 365 g/mol. The maximum absolute atomic E-state index is 12.4. The normalized spacial score (nSPS) is 12.6. The zero-order chi connectivity index (χ0) is 16.0. The van der Waals surface area contributed by atoms with Crippen LogP contribution in [0, 0.1) is 5.92 Å². The van der Waals surface area contributed by atoms with Gasteiger partial charge in [0.25, 0.3) is 0 Å². The number of halogens is 3. The van der Waals surface area contributed by atoms with Crippen LogP contribution in [0.4, 0.5) is 8.78 Å². The maximum atomic E-state index is 12.4. The third-order valence-electron chi connectivity index (χ3n) is 2.87. The van der Waals surface area contributed by atoms with Crippen LogP contribution in [0.15, 0.2) is 22.7 Å². The molecule has 0 radical (unpaired) electrons. The van der Waals surface area contributed by atoms with E-state index in [1.54, 1.807) is 12.1 Å². The van der Waals surface area contributed by atoms with Crippen LogP contribution in [0.5, 0.6) is 5.75 Å². The molecule has 1 aromatic rings. The minimum absolute atomic E-state index is 0.00377. The molecular weight excluding hydrogens is 348 g/mol. The molecule has 0 amide bonds. The predicted octanol–water partition coefficient (Wildman–Crippen LogP) is 3.34. The molecule has 0 aliphatic rings. The molecule has 0 saturated heterocycles. The van der Waals surface area contributed by atoms with E-state index in [1.807, 2.05) is 13.8 Å². The fraction of sp³-hybridized carbons (Fsp3) is 0.500. The fourth-order valence-corrected chi connectivity index (χ4v) is 2.24. The van der Waals surface area contributed by atoms with Gasteiger partial charge in [-0.05, 0) is 24.1 Å². The van der Waals surface area contributed by atoms with Crippen LogP contribution in [0.1, 0.15) is 19.4 Å². The number of carbonyl (C=O) groups is 1. The number of hydrogen-bond donors (Lipinski definition) is 1. The molecule has 0 heterocycles. The second-order valence-electron chi connectivity index (χ2n) is 4.76. The predicted molar refractivity (Wildman–Crippen MR) is 78.3 cm³/mol. The average molecular weight is 366 g/mol. The zero-order valence-corrected chi connectivity index (χ0v) is 13.6. The topological polar surface area (TPSA) is 47.6 Å². The molecule has 0 unspecified atom stereocenters. The van der Waals surface area contributed by atoms with Crippen molar-refractivity contribution in [2.45, 2.75) is 33.0 Å². The van der Waals surface area contributed by atoms with Crippen molar-refractivity contribution in [3.63, 3.8) is 0 Å². The van der Waals surface area contributed by atoms with Gasteiger partial charge in [0.1, 0.15) is 11.8 Å². The van der Waals surface area contributed by atoms with Gasteiger partial charge in [-0.15, -0.1) is 0 Å². The summed E-state index contributed by atoms with van der Waals surface area (Å²) in [6.45, 7) is 1.05. The minimum Gasteiger partial charge on any atom is -0.468 e. The summed E-state index contributed by atoms with van der Waals surface area (Å²) >= 11 is 3.28. The van der Waals surface area contributed by atoms with E-state index >= 15 is 0 Å². The van der Waals surface area contributed by atoms with E-state index < -0.39 is 18.6 Å². The molecule has 21 heavy (non-hydrogen) atoms. The lowest BCUT2D eigenvalue weighted by Gasteiger charge is -2.20. The van der Waals surface area contributed by atoms with Crippen LogP contribution >= 0.6 is 15.9 Å². The molecule has 1 aromatic carbocycles. The SMILES string of the molecule is COC(=O)[C@@H](NCc1cc(Br)ccc1OC(F)F)C(C)C. The molecule has 4 nitrogen and oxygen atoms in total. The highest BCUT2D eigenvalue weighted by Crippen LogP contribution is 2.25. The Morgan fingerprint density at radius 2 is 2.05 bits per heavy atom. The Labute approximate surface area is 130 Å². The van der Waals surface area contributed by atoms with Gasteiger partial charge < -0.3 is 9.47 Å². The van der Waals surface area contributed by atoms with Crippen molar-refractivity contribution in [2.24, 2.45) is 5.92 Å². The Morgan fingerprint density at radius 3 is 2.57 bits per heavy atom. The Hall–Kier alpha value is -1.21. The molecule has 118 valence electrons. The highest BCUT2D eigenvalue weighted by atomic mass is 79.9. The van der Waals surface area contributed by atoms with Crippen molar-refractivity contribution in [3.8, 4) is 5.75 Å². The van der Waals surface area contributed by atoms with Crippen molar-refractivity contribution >= 4 is 21.9 Å². The van der Waals surface area contributed by atoms with E-state index in [2.05, 4.69) is 26.0 Å². The lowest BCUT2D eigenvalue weighted by molar-refractivity contribution is -0.144. The summed E-state index contributed by atoms with van der Waals surface area (Å²) < 4.78 is 34.7. The number of nitrogens with one attached hydrogen (secondary N) is 1. The number of carbonyl (C=O) groups excluding carboxylic acids is 1. The largest absolute Gasteiger partial charge is 0.468 e. The molecule has 7 heteroatoms. The van der Waals surface area contributed by atoms with Crippen molar-refractivity contribution in [1.29, 1.82) is 0 Å². The standard InChI is InChI=1S/C14H18BrF2NO3/c1-8(2)12(13(19)20-3)18-7-9-6-10(15)4-5-11(9)21-14(16)17/h4-6,8,12,14,18H,7H2,1-3H3/t12-/m0/s1. The van der Waals surface area contributed by atoms with Crippen LogP contribution in [-0.4, -0.2) is 25.7 Å². The van der Waals surface area contributed by atoms with E-state index in [0.29, 0.717) is 5.56 Å². The molecule has 1 atom stereocenters. The Balaban J connectivity index is 2.85. The Kier molecular flexibility index (Phi) is 7.04. The second-order valence-corrected chi connectivity index (χ2v) is 5.67. The third kappa shape index (κ3) is 5.59. The summed E-state index contributed by atoms with van der Waals surface area (Å²) in [4.78, 5) is 11.7. The highest BCUT2D eigenvalue weighted by molar-refractivity contribution is 9.10. The van der Waals surface area contributed by atoms with Crippen LogP contribution in [0.25, 0.3) is 0 Å². The van der Waals surface area contributed by atoms with E-state index in [1.165, 1.54) is 13.2 Å². The first-order chi connectivity index (χ1) is 9.85. The van der Waals surface area contributed by atoms with Gasteiger partial charge in [0.2, 0.25) is 0 Å². The number of ether oxygens (including phenoxy) is 2. The number of hydrogen-bond acceptors (Lipinski definition) is 4. The number of esters is 1. The average Bonchev–Trinajstić information content (AvgIpc) is 2.40. The summed E-state index contributed by atoms with van der Waals surface area (Å²) in [5.41, 5.74) is 0.527.